The molecule has 0 aliphatic carbocycles. The second-order valence-corrected chi connectivity index (χ2v) is 9.44. The number of sulfonamides is 1. The van der Waals surface area contributed by atoms with Crippen LogP contribution in [0.3, 0.4) is 0 Å². The molecule has 2 aromatic carbocycles. The van der Waals surface area contributed by atoms with Crippen LogP contribution in [0, 0.1) is 0 Å². The number of methoxy groups -OCH3 is 1. The maximum absolute atomic E-state index is 13.0. The Balaban J connectivity index is 1.59. The second-order valence-electron chi connectivity index (χ2n) is 7.10. The van der Waals surface area contributed by atoms with Gasteiger partial charge in [-0.05, 0) is 36.4 Å². The SMILES string of the molecule is COc1ccc(Cl)cc1S(=O)(=O)N1CCN(CC(=O)Nc2cccc(C(F)(F)F)c2)CC1. The number of alkyl halides is 3. The van der Waals surface area contributed by atoms with E-state index in [4.69, 9.17) is 16.3 Å². The van der Waals surface area contributed by atoms with Gasteiger partial charge in [-0.15, -0.1) is 0 Å². The number of hydrogen-bond acceptors (Lipinski definition) is 5. The molecular formula is C20H21ClF3N3O4S. The predicted molar refractivity (Wildman–Crippen MR) is 113 cm³/mol. The van der Waals surface area contributed by atoms with Crippen molar-refractivity contribution < 1.29 is 31.1 Å². The number of nitrogens with one attached hydrogen (secondary N) is 1. The number of piperazine rings is 1. The van der Waals surface area contributed by atoms with Crippen molar-refractivity contribution in [3.8, 4) is 5.75 Å². The summed E-state index contributed by atoms with van der Waals surface area (Å²) >= 11 is 5.95. The third-order valence-corrected chi connectivity index (χ3v) is 7.07. The largest absolute Gasteiger partial charge is 0.495 e. The molecule has 7 nitrogen and oxygen atoms in total. The van der Waals surface area contributed by atoms with E-state index in [9.17, 15) is 26.4 Å². The molecule has 1 heterocycles. The van der Waals surface area contributed by atoms with E-state index in [2.05, 4.69) is 5.32 Å². The Bertz CT molecular complexity index is 1090. The highest BCUT2D eigenvalue weighted by Gasteiger charge is 2.32. The first-order valence-electron chi connectivity index (χ1n) is 9.54. The van der Waals surface area contributed by atoms with E-state index in [0.29, 0.717) is 0 Å². The van der Waals surface area contributed by atoms with E-state index >= 15 is 0 Å². The molecule has 1 fully saturated rings. The average molecular weight is 492 g/mol. The summed E-state index contributed by atoms with van der Waals surface area (Å²) in [6, 6.07) is 8.70. The quantitative estimate of drug-likeness (QED) is 0.670. The van der Waals surface area contributed by atoms with Gasteiger partial charge in [0.05, 0.1) is 19.2 Å². The van der Waals surface area contributed by atoms with Gasteiger partial charge in [0.15, 0.2) is 0 Å². The van der Waals surface area contributed by atoms with E-state index in [-0.39, 0.29) is 54.1 Å². The number of anilines is 1. The Morgan fingerprint density at radius 1 is 1.12 bits per heavy atom. The Morgan fingerprint density at radius 3 is 2.44 bits per heavy atom. The highest BCUT2D eigenvalue weighted by Crippen LogP contribution is 2.31. The van der Waals surface area contributed by atoms with E-state index in [0.717, 1.165) is 12.1 Å². The number of benzene rings is 2. The van der Waals surface area contributed by atoms with Crippen LogP contribution in [0.4, 0.5) is 18.9 Å². The molecule has 0 aromatic heterocycles. The lowest BCUT2D eigenvalue weighted by atomic mass is 10.2. The molecule has 0 spiro atoms. The molecule has 0 unspecified atom stereocenters. The minimum Gasteiger partial charge on any atom is -0.495 e. The fraction of sp³-hybridized carbons (Fsp3) is 0.350. The Morgan fingerprint density at radius 2 is 1.81 bits per heavy atom. The molecule has 1 aliphatic heterocycles. The third-order valence-electron chi connectivity index (χ3n) is 4.92. The first kappa shape index (κ1) is 24.3. The van der Waals surface area contributed by atoms with E-state index in [1.807, 2.05) is 0 Å². The minimum absolute atomic E-state index is 0.0387. The van der Waals surface area contributed by atoms with Crippen molar-refractivity contribution in [3.05, 3.63) is 53.1 Å². The van der Waals surface area contributed by atoms with Crippen molar-refractivity contribution in [1.82, 2.24) is 9.21 Å². The van der Waals surface area contributed by atoms with Crippen LogP contribution in [0.1, 0.15) is 5.56 Å². The molecule has 0 radical (unpaired) electrons. The number of halogens is 4. The molecule has 0 bridgehead atoms. The van der Waals surface area contributed by atoms with Gasteiger partial charge in [0.25, 0.3) is 0 Å². The van der Waals surface area contributed by atoms with Crippen molar-refractivity contribution in [2.45, 2.75) is 11.1 Å². The maximum atomic E-state index is 13.0. The number of hydrogen-bond donors (Lipinski definition) is 1. The van der Waals surface area contributed by atoms with Gasteiger partial charge in [-0.25, -0.2) is 8.42 Å². The summed E-state index contributed by atoms with van der Waals surface area (Å²) in [6.45, 7) is 0.741. The molecule has 12 heteroatoms. The summed E-state index contributed by atoms with van der Waals surface area (Å²) in [4.78, 5) is 14.0. The van der Waals surface area contributed by atoms with Crippen LogP contribution in [-0.4, -0.2) is 63.4 Å². The molecule has 32 heavy (non-hydrogen) atoms. The first-order chi connectivity index (χ1) is 15.0. The molecule has 1 N–H and O–H groups in total. The average Bonchev–Trinajstić information content (AvgIpc) is 2.73. The number of carbonyl (C=O) groups excluding carboxylic acids is 1. The topological polar surface area (TPSA) is 79.0 Å². The standard InChI is InChI=1S/C20H21ClF3N3O4S/c1-31-17-6-5-15(21)12-18(17)32(29,30)27-9-7-26(8-10-27)13-19(28)25-16-4-2-3-14(11-16)20(22,23)24/h2-6,11-12H,7-10,13H2,1H3,(H,25,28). The van der Waals surface area contributed by atoms with Gasteiger partial charge in [0.1, 0.15) is 10.6 Å². The van der Waals surface area contributed by atoms with Crippen LogP contribution in [0.2, 0.25) is 5.02 Å². The van der Waals surface area contributed by atoms with E-state index < -0.39 is 27.7 Å². The van der Waals surface area contributed by atoms with Gasteiger partial charge in [-0.2, -0.15) is 17.5 Å². The fourth-order valence-electron chi connectivity index (χ4n) is 3.30. The summed E-state index contributed by atoms with van der Waals surface area (Å²) in [6.07, 6.45) is -4.51. The third kappa shape index (κ3) is 5.71. The summed E-state index contributed by atoms with van der Waals surface area (Å²) in [5.41, 5.74) is -0.815. The van der Waals surface area contributed by atoms with Gasteiger partial charge in [0.2, 0.25) is 15.9 Å². The van der Waals surface area contributed by atoms with Crippen LogP contribution in [0.25, 0.3) is 0 Å². The number of ether oxygens (including phenoxy) is 1. The summed E-state index contributed by atoms with van der Waals surface area (Å²) in [7, 11) is -2.49. The minimum atomic E-state index is -4.51. The van der Waals surface area contributed by atoms with Gasteiger partial charge < -0.3 is 10.1 Å². The lowest BCUT2D eigenvalue weighted by molar-refractivity contribution is -0.137. The Kier molecular flexibility index (Phi) is 7.33. The zero-order valence-electron chi connectivity index (χ0n) is 17.0. The highest BCUT2D eigenvalue weighted by molar-refractivity contribution is 7.89. The molecule has 1 aliphatic rings. The monoisotopic (exact) mass is 491 g/mol. The Hall–Kier alpha value is -2.34. The molecule has 3 rings (SSSR count). The van der Waals surface area contributed by atoms with Crippen LogP contribution in [0.15, 0.2) is 47.4 Å². The van der Waals surface area contributed by atoms with Crippen LogP contribution in [0.5, 0.6) is 5.75 Å². The lowest BCUT2D eigenvalue weighted by Crippen LogP contribution is -2.50. The summed E-state index contributed by atoms with van der Waals surface area (Å²) in [5, 5.41) is 2.71. The molecule has 174 valence electrons. The number of amides is 1. The van der Waals surface area contributed by atoms with Crippen LogP contribution in [-0.2, 0) is 21.0 Å². The van der Waals surface area contributed by atoms with E-state index in [1.165, 1.54) is 41.7 Å². The zero-order chi connectivity index (χ0) is 23.5. The zero-order valence-corrected chi connectivity index (χ0v) is 18.6. The molecule has 0 atom stereocenters. The van der Waals surface area contributed by atoms with Crippen molar-refractivity contribution in [2.24, 2.45) is 0 Å². The smallest absolute Gasteiger partial charge is 0.416 e. The highest BCUT2D eigenvalue weighted by atomic mass is 35.5. The normalized spacial score (nSPS) is 16.0. The van der Waals surface area contributed by atoms with Crippen LogP contribution < -0.4 is 10.1 Å². The van der Waals surface area contributed by atoms with Gasteiger partial charge in [-0.3, -0.25) is 9.69 Å². The molecule has 2 aromatic rings. The molecular weight excluding hydrogens is 471 g/mol. The number of carbonyl (C=O) groups is 1. The van der Waals surface area contributed by atoms with Crippen molar-refractivity contribution >= 4 is 33.2 Å². The number of rotatable bonds is 6. The van der Waals surface area contributed by atoms with Gasteiger partial charge in [0, 0.05) is 36.9 Å². The maximum Gasteiger partial charge on any atom is 0.416 e. The van der Waals surface area contributed by atoms with Crippen LogP contribution >= 0.6 is 11.6 Å². The Labute approximate surface area is 188 Å². The lowest BCUT2D eigenvalue weighted by Gasteiger charge is -2.33. The predicted octanol–water partition coefficient (Wildman–Crippen LogP) is 3.31. The van der Waals surface area contributed by atoms with E-state index in [1.54, 1.807) is 4.90 Å². The van der Waals surface area contributed by atoms with Crippen molar-refractivity contribution in [3.63, 3.8) is 0 Å². The van der Waals surface area contributed by atoms with Crippen molar-refractivity contribution in [2.75, 3.05) is 45.2 Å². The number of nitrogens with zero attached hydrogens (tertiary/aromatic N) is 2. The molecule has 0 saturated carbocycles. The fourth-order valence-corrected chi connectivity index (χ4v) is 5.14. The molecule has 1 amide bonds. The second kappa shape index (κ2) is 9.65. The first-order valence-corrected chi connectivity index (χ1v) is 11.4. The van der Waals surface area contributed by atoms with Gasteiger partial charge in [-0.1, -0.05) is 17.7 Å². The van der Waals surface area contributed by atoms with Crippen molar-refractivity contribution in [1.29, 1.82) is 0 Å². The van der Waals surface area contributed by atoms with Gasteiger partial charge >= 0.3 is 6.18 Å². The molecule has 1 saturated heterocycles. The summed E-state index contributed by atoms with van der Waals surface area (Å²) in [5.74, 6) is -0.311. The summed E-state index contributed by atoms with van der Waals surface area (Å²) < 4.78 is 70.9.